The van der Waals surface area contributed by atoms with Crippen molar-refractivity contribution in [1.29, 1.82) is 0 Å². The highest BCUT2D eigenvalue weighted by Gasteiger charge is 2.25. The van der Waals surface area contributed by atoms with Crippen molar-refractivity contribution in [2.75, 3.05) is 58.9 Å². The minimum absolute atomic E-state index is 0.0426. The monoisotopic (exact) mass is 584 g/mol. The molecular weight excluding hydrogens is 544 g/mol. The quantitative estimate of drug-likeness (QED) is 0.328. The zero-order valence-electron chi connectivity index (χ0n) is 24.4. The van der Waals surface area contributed by atoms with E-state index in [0.29, 0.717) is 31.1 Å². The Kier molecular flexibility index (Phi) is 10.4. The summed E-state index contributed by atoms with van der Waals surface area (Å²) in [5.74, 6) is 1.66. The molecule has 0 saturated carbocycles. The number of piperazine rings is 1. The molecule has 3 heterocycles. The number of amides is 2. The molecular formula is C33H40N6O4. The maximum atomic E-state index is 12.8. The van der Waals surface area contributed by atoms with Gasteiger partial charge >= 0.3 is 0 Å². The van der Waals surface area contributed by atoms with Crippen LogP contribution < -0.4 is 20.9 Å². The molecule has 1 aromatic heterocycles. The average Bonchev–Trinajstić information content (AvgIpc) is 3.03. The van der Waals surface area contributed by atoms with Crippen LogP contribution in [0.3, 0.4) is 0 Å². The number of primary amides is 1. The third kappa shape index (κ3) is 8.41. The minimum atomic E-state index is -0.609. The lowest BCUT2D eigenvalue weighted by molar-refractivity contribution is -0.127. The molecule has 43 heavy (non-hydrogen) atoms. The number of ether oxygens (including phenoxy) is 2. The Balaban J connectivity index is 1.14. The molecule has 5 rings (SSSR count). The van der Waals surface area contributed by atoms with Crippen molar-refractivity contribution >= 4 is 11.8 Å². The maximum absolute atomic E-state index is 12.8. The third-order valence-corrected chi connectivity index (χ3v) is 7.92. The van der Waals surface area contributed by atoms with Crippen molar-refractivity contribution in [3.05, 3.63) is 90.1 Å². The minimum Gasteiger partial charge on any atom is -0.457 e. The highest BCUT2D eigenvalue weighted by molar-refractivity contribution is 5.95. The Labute approximate surface area is 252 Å². The number of aromatic nitrogens is 1. The molecule has 2 aliphatic rings. The molecule has 2 amide bonds. The molecule has 2 aliphatic heterocycles. The number of para-hydroxylation sites is 1. The summed E-state index contributed by atoms with van der Waals surface area (Å²) in [6.07, 6.45) is 5.22. The Bertz CT molecular complexity index is 1380. The van der Waals surface area contributed by atoms with Gasteiger partial charge in [0.2, 0.25) is 11.8 Å². The van der Waals surface area contributed by atoms with E-state index < -0.39 is 5.91 Å². The molecule has 2 aromatic carbocycles. The molecule has 226 valence electrons. The second kappa shape index (κ2) is 14.8. The summed E-state index contributed by atoms with van der Waals surface area (Å²) < 4.78 is 11.9. The first-order valence-corrected chi connectivity index (χ1v) is 14.9. The zero-order valence-corrected chi connectivity index (χ0v) is 24.4. The van der Waals surface area contributed by atoms with Crippen LogP contribution >= 0.6 is 0 Å². The number of pyridine rings is 1. The average molecular weight is 585 g/mol. The second-order valence-corrected chi connectivity index (χ2v) is 10.9. The summed E-state index contributed by atoms with van der Waals surface area (Å²) >= 11 is 0. The molecule has 0 aliphatic carbocycles. The van der Waals surface area contributed by atoms with Gasteiger partial charge in [-0.3, -0.25) is 19.4 Å². The van der Waals surface area contributed by atoms with E-state index >= 15 is 0 Å². The number of piperidine rings is 1. The number of likely N-dealkylation sites (tertiary alicyclic amines) is 1. The summed E-state index contributed by atoms with van der Waals surface area (Å²) in [4.78, 5) is 36.3. The van der Waals surface area contributed by atoms with Gasteiger partial charge in [-0.2, -0.15) is 0 Å². The zero-order chi connectivity index (χ0) is 30.0. The van der Waals surface area contributed by atoms with Crippen LogP contribution in [-0.2, 0) is 4.79 Å². The molecule has 4 N–H and O–H groups in total. The predicted octanol–water partition coefficient (Wildman–Crippen LogP) is 3.60. The van der Waals surface area contributed by atoms with Gasteiger partial charge in [-0.05, 0) is 61.4 Å². The predicted molar refractivity (Wildman–Crippen MR) is 165 cm³/mol. The van der Waals surface area contributed by atoms with Crippen LogP contribution in [0.25, 0.3) is 0 Å². The summed E-state index contributed by atoms with van der Waals surface area (Å²) in [6.45, 7) is 7.71. The molecule has 3 aromatic rings. The van der Waals surface area contributed by atoms with Gasteiger partial charge in [0.25, 0.3) is 5.91 Å². The number of hydrogen-bond acceptors (Lipinski definition) is 8. The van der Waals surface area contributed by atoms with E-state index in [0.717, 1.165) is 63.6 Å². The number of nitrogens with two attached hydrogens (primary N) is 2. The van der Waals surface area contributed by atoms with Crippen molar-refractivity contribution in [3.63, 3.8) is 0 Å². The van der Waals surface area contributed by atoms with E-state index in [2.05, 4.69) is 9.80 Å². The number of carbonyl (C=O) groups is 2. The van der Waals surface area contributed by atoms with Crippen LogP contribution in [0.15, 0.2) is 78.9 Å². The van der Waals surface area contributed by atoms with E-state index in [1.165, 1.54) is 0 Å². The van der Waals surface area contributed by atoms with Gasteiger partial charge < -0.3 is 25.8 Å². The highest BCUT2D eigenvalue weighted by Crippen LogP contribution is 2.32. The Morgan fingerprint density at radius 1 is 0.814 bits per heavy atom. The van der Waals surface area contributed by atoms with Crippen molar-refractivity contribution in [2.24, 2.45) is 11.5 Å². The molecule has 10 heteroatoms. The molecule has 10 nitrogen and oxygen atoms in total. The van der Waals surface area contributed by atoms with Gasteiger partial charge in [0, 0.05) is 76.6 Å². The van der Waals surface area contributed by atoms with Crippen LogP contribution in [-0.4, -0.2) is 90.4 Å². The lowest BCUT2D eigenvalue weighted by atomic mass is 9.92. The SMILES string of the molecule is NCCN1CCN(CC=CC(=O)N2CCC(c3ccc(C(N)=O)c(Oc4ccc(Oc5ccccc5)cc4)n3)CC2)CC1. The standard InChI is InChI=1S/C33H40N6O4/c34-16-20-38-23-21-37(22-24-38)17-4-7-31(40)39-18-14-25(15-19-39)30-13-12-29(32(35)41)33(36-30)43-28-10-8-27(9-11-28)42-26-5-2-1-3-6-26/h1-13,25H,14-24,34H2,(H2,35,41). The van der Waals surface area contributed by atoms with Gasteiger partial charge in [0.05, 0.1) is 0 Å². The first kappa shape index (κ1) is 30.2. The first-order chi connectivity index (χ1) is 21.0. The van der Waals surface area contributed by atoms with Gasteiger partial charge in [-0.15, -0.1) is 0 Å². The van der Waals surface area contributed by atoms with E-state index in [1.807, 2.05) is 47.4 Å². The lowest BCUT2D eigenvalue weighted by Crippen LogP contribution is -2.47. The van der Waals surface area contributed by atoms with E-state index in [-0.39, 0.29) is 23.3 Å². The van der Waals surface area contributed by atoms with Gasteiger partial charge in [-0.1, -0.05) is 24.3 Å². The van der Waals surface area contributed by atoms with Crippen LogP contribution in [0, 0.1) is 0 Å². The van der Waals surface area contributed by atoms with Gasteiger partial charge in [-0.25, -0.2) is 4.98 Å². The Morgan fingerprint density at radius 3 is 2.09 bits per heavy atom. The van der Waals surface area contributed by atoms with E-state index in [1.54, 1.807) is 36.4 Å². The summed E-state index contributed by atoms with van der Waals surface area (Å²) in [5, 5.41) is 0. The first-order valence-electron chi connectivity index (χ1n) is 14.9. The number of hydrogen-bond donors (Lipinski definition) is 2. The van der Waals surface area contributed by atoms with E-state index in [4.69, 9.17) is 25.9 Å². The summed E-state index contributed by atoms with van der Waals surface area (Å²) in [7, 11) is 0. The van der Waals surface area contributed by atoms with Crippen molar-refractivity contribution in [1.82, 2.24) is 19.7 Å². The third-order valence-electron chi connectivity index (χ3n) is 7.92. The van der Waals surface area contributed by atoms with Crippen molar-refractivity contribution in [2.45, 2.75) is 18.8 Å². The smallest absolute Gasteiger partial charge is 0.254 e. The van der Waals surface area contributed by atoms with E-state index in [9.17, 15) is 9.59 Å². The van der Waals surface area contributed by atoms with Crippen molar-refractivity contribution in [3.8, 4) is 23.1 Å². The van der Waals surface area contributed by atoms with Crippen molar-refractivity contribution < 1.29 is 19.1 Å². The molecule has 2 fully saturated rings. The number of carbonyl (C=O) groups excluding carboxylic acids is 2. The second-order valence-electron chi connectivity index (χ2n) is 10.9. The topological polar surface area (TPSA) is 127 Å². The fraction of sp³-hybridized carbons (Fsp3) is 0.364. The maximum Gasteiger partial charge on any atom is 0.254 e. The molecule has 0 unspecified atom stereocenters. The Hall–Kier alpha value is -4.25. The lowest BCUT2D eigenvalue weighted by Gasteiger charge is -2.34. The summed E-state index contributed by atoms with van der Waals surface area (Å²) in [5.41, 5.74) is 12.3. The Morgan fingerprint density at radius 2 is 1.44 bits per heavy atom. The van der Waals surface area contributed by atoms with Gasteiger partial charge in [0.1, 0.15) is 22.8 Å². The normalized spacial score (nSPS) is 16.8. The fourth-order valence-electron chi connectivity index (χ4n) is 5.44. The molecule has 0 atom stereocenters. The van der Waals surface area contributed by atoms with Crippen LogP contribution in [0.5, 0.6) is 23.1 Å². The summed E-state index contributed by atoms with van der Waals surface area (Å²) in [6, 6.07) is 20.1. The highest BCUT2D eigenvalue weighted by atomic mass is 16.5. The number of rotatable bonds is 11. The largest absolute Gasteiger partial charge is 0.457 e. The van der Waals surface area contributed by atoms with Crippen LogP contribution in [0.1, 0.15) is 34.8 Å². The molecule has 2 saturated heterocycles. The molecule has 0 bridgehead atoms. The van der Waals surface area contributed by atoms with Crippen LogP contribution in [0.4, 0.5) is 0 Å². The number of nitrogens with zero attached hydrogens (tertiary/aromatic N) is 4. The van der Waals surface area contributed by atoms with Crippen LogP contribution in [0.2, 0.25) is 0 Å². The fourth-order valence-corrected chi connectivity index (χ4v) is 5.44. The molecule has 0 spiro atoms. The number of benzene rings is 2. The van der Waals surface area contributed by atoms with Gasteiger partial charge in [0.15, 0.2) is 0 Å². The molecule has 0 radical (unpaired) electrons.